The molecule has 3 rings (SSSR count). The number of carbonyl (C=O) groups excluding carboxylic acids is 4. The van der Waals surface area contributed by atoms with Crippen LogP contribution in [0.2, 0.25) is 10.0 Å². The topological polar surface area (TPSA) is 92.8 Å². The Morgan fingerprint density at radius 2 is 1.78 bits per heavy atom. The summed E-state index contributed by atoms with van der Waals surface area (Å²) < 4.78 is 5.46. The zero-order valence-electron chi connectivity index (χ0n) is 21.5. The van der Waals surface area contributed by atoms with Crippen LogP contribution in [0.4, 0.5) is 5.69 Å². The quantitative estimate of drug-likeness (QED) is 0.169. The first-order valence-corrected chi connectivity index (χ1v) is 13.0. The van der Waals surface area contributed by atoms with E-state index in [9.17, 15) is 19.2 Å². The summed E-state index contributed by atoms with van der Waals surface area (Å²) in [5.41, 5.74) is 1.23. The molecule has 1 aliphatic rings. The van der Waals surface area contributed by atoms with Gasteiger partial charge in [-0.15, -0.1) is 0 Å². The SMILES string of the molecule is Cc1ccc(NC(=O)c2cc(Cl)ccc2OC(=O)CCCCCN2C(=O)CC(C(C)(C)C)C2=O)c(Cl)c1. The van der Waals surface area contributed by atoms with E-state index in [4.69, 9.17) is 27.9 Å². The van der Waals surface area contributed by atoms with Gasteiger partial charge in [0.2, 0.25) is 11.8 Å². The van der Waals surface area contributed by atoms with E-state index in [1.54, 1.807) is 12.1 Å². The molecule has 37 heavy (non-hydrogen) atoms. The van der Waals surface area contributed by atoms with Gasteiger partial charge < -0.3 is 10.1 Å². The zero-order valence-corrected chi connectivity index (χ0v) is 23.0. The molecule has 9 heteroatoms. The number of aryl methyl sites for hydroxylation is 1. The van der Waals surface area contributed by atoms with Gasteiger partial charge in [-0.25, -0.2) is 0 Å². The highest BCUT2D eigenvalue weighted by Crippen LogP contribution is 2.35. The van der Waals surface area contributed by atoms with E-state index in [0.29, 0.717) is 41.5 Å². The molecular weight excluding hydrogens is 515 g/mol. The Labute approximate surface area is 227 Å². The Balaban J connectivity index is 1.51. The van der Waals surface area contributed by atoms with Crippen LogP contribution in [0.3, 0.4) is 0 Å². The molecule has 0 aliphatic carbocycles. The number of likely N-dealkylation sites (tertiary alicyclic amines) is 1. The Morgan fingerprint density at radius 3 is 2.43 bits per heavy atom. The minimum absolute atomic E-state index is 0.0941. The molecule has 3 amide bonds. The van der Waals surface area contributed by atoms with Gasteiger partial charge in [-0.3, -0.25) is 24.1 Å². The molecule has 2 aromatic rings. The first-order valence-electron chi connectivity index (χ1n) is 12.3. The fourth-order valence-electron chi connectivity index (χ4n) is 4.16. The second-order valence-corrected chi connectivity index (χ2v) is 11.2. The van der Waals surface area contributed by atoms with Crippen molar-refractivity contribution in [3.05, 3.63) is 57.6 Å². The molecule has 1 atom stereocenters. The van der Waals surface area contributed by atoms with Crippen molar-refractivity contribution in [1.29, 1.82) is 0 Å². The number of hydrogen-bond acceptors (Lipinski definition) is 5. The summed E-state index contributed by atoms with van der Waals surface area (Å²) in [5.74, 6) is -1.45. The number of imide groups is 1. The number of ether oxygens (including phenoxy) is 1. The van der Waals surface area contributed by atoms with Crippen LogP contribution in [0.15, 0.2) is 36.4 Å². The number of nitrogens with one attached hydrogen (secondary N) is 1. The molecule has 7 nitrogen and oxygen atoms in total. The van der Waals surface area contributed by atoms with Gasteiger partial charge in [0.05, 0.1) is 22.2 Å². The molecule has 1 fully saturated rings. The lowest BCUT2D eigenvalue weighted by atomic mass is 9.80. The average Bonchev–Trinajstić information content (AvgIpc) is 3.10. The van der Waals surface area contributed by atoms with Crippen molar-refractivity contribution in [3.63, 3.8) is 0 Å². The summed E-state index contributed by atoms with van der Waals surface area (Å²) in [6.45, 7) is 8.13. The Morgan fingerprint density at radius 1 is 1.05 bits per heavy atom. The number of halogens is 2. The largest absolute Gasteiger partial charge is 0.426 e. The van der Waals surface area contributed by atoms with E-state index in [-0.39, 0.29) is 47.3 Å². The summed E-state index contributed by atoms with van der Waals surface area (Å²) in [5, 5.41) is 3.43. The second kappa shape index (κ2) is 12.1. The van der Waals surface area contributed by atoms with Crippen LogP contribution in [0.1, 0.15) is 68.8 Å². The van der Waals surface area contributed by atoms with E-state index in [1.807, 2.05) is 33.8 Å². The minimum atomic E-state index is -0.510. The van der Waals surface area contributed by atoms with Gasteiger partial charge in [0.1, 0.15) is 5.75 Å². The van der Waals surface area contributed by atoms with E-state index < -0.39 is 11.9 Å². The number of nitrogens with zero attached hydrogens (tertiary/aromatic N) is 1. The van der Waals surface area contributed by atoms with Gasteiger partial charge in [0, 0.05) is 24.4 Å². The predicted molar refractivity (Wildman–Crippen MR) is 144 cm³/mol. The number of rotatable bonds is 9. The van der Waals surface area contributed by atoms with Gasteiger partial charge >= 0.3 is 5.97 Å². The minimum Gasteiger partial charge on any atom is -0.426 e. The van der Waals surface area contributed by atoms with Crippen molar-refractivity contribution in [2.75, 3.05) is 11.9 Å². The molecule has 0 aromatic heterocycles. The van der Waals surface area contributed by atoms with Crippen LogP contribution in [0, 0.1) is 18.3 Å². The van der Waals surface area contributed by atoms with Gasteiger partial charge in [-0.05, 0) is 61.1 Å². The monoisotopic (exact) mass is 546 g/mol. The molecule has 0 bridgehead atoms. The summed E-state index contributed by atoms with van der Waals surface area (Å²) in [6.07, 6.45) is 2.15. The average molecular weight is 547 g/mol. The van der Waals surface area contributed by atoms with Crippen molar-refractivity contribution in [3.8, 4) is 5.75 Å². The summed E-state index contributed by atoms with van der Waals surface area (Å²) in [6, 6.07) is 9.68. The molecule has 2 aromatic carbocycles. The van der Waals surface area contributed by atoms with Crippen molar-refractivity contribution in [2.45, 2.75) is 59.8 Å². The zero-order chi connectivity index (χ0) is 27.3. The number of carbonyl (C=O) groups is 4. The number of benzene rings is 2. The van der Waals surface area contributed by atoms with Crippen LogP contribution < -0.4 is 10.1 Å². The highest BCUT2D eigenvalue weighted by Gasteiger charge is 2.44. The third-order valence-electron chi connectivity index (χ3n) is 6.33. The molecular formula is C28H32Cl2N2O5. The number of amides is 3. The third kappa shape index (κ3) is 7.55. The molecule has 0 radical (unpaired) electrons. The molecule has 198 valence electrons. The summed E-state index contributed by atoms with van der Waals surface area (Å²) >= 11 is 12.3. The van der Waals surface area contributed by atoms with Crippen LogP contribution in [0.25, 0.3) is 0 Å². The van der Waals surface area contributed by atoms with Crippen molar-refractivity contribution < 1.29 is 23.9 Å². The van der Waals surface area contributed by atoms with Crippen LogP contribution in [-0.2, 0) is 14.4 Å². The van der Waals surface area contributed by atoms with E-state index >= 15 is 0 Å². The molecule has 1 heterocycles. The summed E-state index contributed by atoms with van der Waals surface area (Å²) in [7, 11) is 0. The predicted octanol–water partition coefficient (Wildman–Crippen LogP) is 6.44. The lowest BCUT2D eigenvalue weighted by molar-refractivity contribution is -0.140. The fraction of sp³-hybridized carbons (Fsp3) is 0.429. The molecule has 1 aliphatic heterocycles. The summed E-state index contributed by atoms with van der Waals surface area (Å²) in [4.78, 5) is 51.5. The fourth-order valence-corrected chi connectivity index (χ4v) is 4.62. The van der Waals surface area contributed by atoms with Gasteiger partial charge in [-0.2, -0.15) is 0 Å². The van der Waals surface area contributed by atoms with Crippen molar-refractivity contribution in [1.82, 2.24) is 4.90 Å². The number of esters is 1. The Kier molecular flexibility index (Phi) is 9.37. The first-order chi connectivity index (χ1) is 17.4. The Hall–Kier alpha value is -2.90. The van der Waals surface area contributed by atoms with E-state index in [1.165, 1.54) is 23.1 Å². The maximum Gasteiger partial charge on any atom is 0.311 e. The van der Waals surface area contributed by atoms with E-state index in [0.717, 1.165) is 5.56 Å². The number of anilines is 1. The van der Waals surface area contributed by atoms with E-state index in [2.05, 4.69) is 5.32 Å². The smallest absolute Gasteiger partial charge is 0.311 e. The number of unbranched alkanes of at least 4 members (excludes halogenated alkanes) is 2. The maximum atomic E-state index is 12.9. The van der Waals surface area contributed by atoms with Crippen molar-refractivity contribution >= 4 is 52.6 Å². The Bertz CT molecular complexity index is 1210. The first kappa shape index (κ1) is 28.7. The highest BCUT2D eigenvalue weighted by molar-refractivity contribution is 6.34. The molecule has 0 spiro atoms. The van der Waals surface area contributed by atoms with Gasteiger partial charge in [-0.1, -0.05) is 56.5 Å². The number of hydrogen-bond donors (Lipinski definition) is 1. The molecule has 1 N–H and O–H groups in total. The lowest BCUT2D eigenvalue weighted by Crippen LogP contribution is -2.34. The standard InChI is InChI=1S/C28H32Cl2N2O5/c1-17-9-11-22(21(30)14-17)31-26(35)19-15-18(29)10-12-23(19)37-25(34)8-6-5-7-13-32-24(33)16-20(27(32)36)28(2,3)4/h9-12,14-15,20H,5-8,13,16H2,1-4H3,(H,31,35). The highest BCUT2D eigenvalue weighted by atomic mass is 35.5. The van der Waals surface area contributed by atoms with Crippen molar-refractivity contribution in [2.24, 2.45) is 11.3 Å². The normalized spacial score (nSPS) is 15.7. The van der Waals surface area contributed by atoms with Gasteiger partial charge in [0.25, 0.3) is 5.91 Å². The second-order valence-electron chi connectivity index (χ2n) is 10.4. The third-order valence-corrected chi connectivity index (χ3v) is 6.88. The van der Waals surface area contributed by atoms with Gasteiger partial charge in [0.15, 0.2) is 0 Å². The maximum absolute atomic E-state index is 12.9. The van der Waals surface area contributed by atoms with Crippen LogP contribution in [-0.4, -0.2) is 35.1 Å². The van der Waals surface area contributed by atoms with Crippen LogP contribution >= 0.6 is 23.2 Å². The van der Waals surface area contributed by atoms with Crippen LogP contribution in [0.5, 0.6) is 5.75 Å². The molecule has 1 unspecified atom stereocenters. The lowest BCUT2D eigenvalue weighted by Gasteiger charge is -2.24. The molecule has 1 saturated heterocycles. The molecule has 0 saturated carbocycles.